The molecule has 3 N–H and O–H groups in total. The number of likely N-dealkylation sites (tertiary alicyclic amines) is 1. The Bertz CT molecular complexity index is 314. The zero-order chi connectivity index (χ0) is 12.7. The molecule has 0 atom stereocenters. The van der Waals surface area contributed by atoms with Gasteiger partial charge in [-0.15, -0.1) is 6.42 Å². The molecule has 0 radical (unpaired) electrons. The Morgan fingerprint density at radius 3 is 2.59 bits per heavy atom. The summed E-state index contributed by atoms with van der Waals surface area (Å²) in [6.07, 6.45) is 7.35. The van der Waals surface area contributed by atoms with Gasteiger partial charge in [0.1, 0.15) is 0 Å². The Kier molecular flexibility index (Phi) is 5.50. The summed E-state index contributed by atoms with van der Waals surface area (Å²) < 4.78 is 0. The van der Waals surface area contributed by atoms with Gasteiger partial charge in [0.25, 0.3) is 0 Å². The van der Waals surface area contributed by atoms with Crippen LogP contribution in [-0.2, 0) is 9.59 Å². The first kappa shape index (κ1) is 13.5. The van der Waals surface area contributed by atoms with Crippen LogP contribution in [0.5, 0.6) is 0 Å². The van der Waals surface area contributed by atoms with Gasteiger partial charge in [0, 0.05) is 6.42 Å². The Morgan fingerprint density at radius 2 is 2.06 bits per heavy atom. The predicted octanol–water partition coefficient (Wildman–Crippen LogP) is -0.677. The molecule has 0 unspecified atom stereocenters. The fourth-order valence-corrected chi connectivity index (χ4v) is 2.04. The molecule has 1 aliphatic heterocycles. The summed E-state index contributed by atoms with van der Waals surface area (Å²) in [5.74, 6) is 2.45. The lowest BCUT2D eigenvalue weighted by atomic mass is 9.93. The largest absolute Gasteiger partial charge is 0.370 e. The van der Waals surface area contributed by atoms with Crippen LogP contribution in [0.3, 0.4) is 0 Å². The summed E-state index contributed by atoms with van der Waals surface area (Å²) in [5.41, 5.74) is 5.16. The third kappa shape index (κ3) is 5.36. The summed E-state index contributed by atoms with van der Waals surface area (Å²) in [5, 5.41) is 2.63. The van der Waals surface area contributed by atoms with E-state index in [1.807, 2.05) is 0 Å². The monoisotopic (exact) mass is 237 g/mol. The van der Waals surface area contributed by atoms with Crippen molar-refractivity contribution < 1.29 is 9.59 Å². The first-order valence-electron chi connectivity index (χ1n) is 5.82. The molecule has 0 aromatic heterocycles. The van der Waals surface area contributed by atoms with E-state index in [1.54, 1.807) is 0 Å². The zero-order valence-electron chi connectivity index (χ0n) is 9.95. The van der Waals surface area contributed by atoms with E-state index in [0.29, 0.717) is 18.9 Å². The van der Waals surface area contributed by atoms with E-state index < -0.39 is 0 Å². The van der Waals surface area contributed by atoms with Gasteiger partial charge in [-0.25, -0.2) is 0 Å². The fraction of sp³-hybridized carbons (Fsp3) is 0.667. The average molecular weight is 237 g/mol. The predicted molar refractivity (Wildman–Crippen MR) is 64.8 cm³/mol. The second kappa shape index (κ2) is 6.92. The Hall–Kier alpha value is -1.54. The molecule has 0 aromatic carbocycles. The topological polar surface area (TPSA) is 75.4 Å². The van der Waals surface area contributed by atoms with E-state index in [1.165, 1.54) is 0 Å². The first-order valence-corrected chi connectivity index (χ1v) is 5.82. The van der Waals surface area contributed by atoms with E-state index in [4.69, 9.17) is 12.2 Å². The van der Waals surface area contributed by atoms with Crippen molar-refractivity contribution in [3.8, 4) is 12.3 Å². The number of terminal acetylenes is 1. The molecule has 5 heteroatoms. The number of nitrogens with two attached hydrogens (primary N) is 1. The maximum atomic E-state index is 11.4. The van der Waals surface area contributed by atoms with Crippen LogP contribution < -0.4 is 11.1 Å². The van der Waals surface area contributed by atoms with Crippen molar-refractivity contribution >= 4 is 11.8 Å². The third-order valence-electron chi connectivity index (χ3n) is 2.95. The van der Waals surface area contributed by atoms with Crippen molar-refractivity contribution in [1.82, 2.24) is 10.2 Å². The maximum Gasteiger partial charge on any atom is 0.234 e. The lowest BCUT2D eigenvalue weighted by molar-refractivity contribution is -0.123. The van der Waals surface area contributed by atoms with Crippen molar-refractivity contribution in [2.45, 2.75) is 19.3 Å². The van der Waals surface area contributed by atoms with Crippen molar-refractivity contribution in [3.63, 3.8) is 0 Å². The van der Waals surface area contributed by atoms with Gasteiger partial charge in [-0.2, -0.15) is 0 Å². The van der Waals surface area contributed by atoms with Gasteiger partial charge in [-0.3, -0.25) is 14.5 Å². The molecule has 1 rings (SSSR count). The highest BCUT2D eigenvalue weighted by atomic mass is 16.2. The Balaban J connectivity index is 2.21. The summed E-state index contributed by atoms with van der Waals surface area (Å²) in [6.45, 7) is 2.32. The first-order chi connectivity index (χ1) is 8.11. The van der Waals surface area contributed by atoms with Crippen molar-refractivity contribution in [2.75, 3.05) is 26.2 Å². The Labute approximate surface area is 102 Å². The van der Waals surface area contributed by atoms with E-state index >= 15 is 0 Å². The molecule has 0 saturated carbocycles. The maximum absolute atomic E-state index is 11.4. The van der Waals surface area contributed by atoms with Crippen molar-refractivity contribution in [2.24, 2.45) is 11.7 Å². The van der Waals surface area contributed by atoms with Gasteiger partial charge in [-0.05, 0) is 31.8 Å². The van der Waals surface area contributed by atoms with Crippen LogP contribution in [0.1, 0.15) is 19.3 Å². The van der Waals surface area contributed by atoms with Crippen LogP contribution in [0.15, 0.2) is 0 Å². The highest BCUT2D eigenvalue weighted by molar-refractivity contribution is 5.78. The van der Waals surface area contributed by atoms with E-state index in [0.717, 1.165) is 25.9 Å². The number of nitrogens with one attached hydrogen (secondary N) is 1. The van der Waals surface area contributed by atoms with E-state index in [2.05, 4.69) is 16.1 Å². The van der Waals surface area contributed by atoms with Crippen LogP contribution in [0.25, 0.3) is 0 Å². The quantitative estimate of drug-likeness (QED) is 0.622. The molecule has 17 heavy (non-hydrogen) atoms. The molecule has 94 valence electrons. The third-order valence-corrected chi connectivity index (χ3v) is 2.95. The number of rotatable bonds is 5. The molecule has 1 saturated heterocycles. The van der Waals surface area contributed by atoms with Crippen LogP contribution in [-0.4, -0.2) is 42.9 Å². The minimum Gasteiger partial charge on any atom is -0.370 e. The molecule has 2 amide bonds. The number of piperidine rings is 1. The summed E-state index contributed by atoms with van der Waals surface area (Å²) in [4.78, 5) is 24.3. The molecule has 0 aliphatic carbocycles. The van der Waals surface area contributed by atoms with E-state index in [-0.39, 0.29) is 18.4 Å². The minimum absolute atomic E-state index is 0.0451. The molecular weight excluding hydrogens is 218 g/mol. The molecule has 0 spiro atoms. The number of hydrogen-bond acceptors (Lipinski definition) is 3. The van der Waals surface area contributed by atoms with Gasteiger partial charge in [-0.1, -0.05) is 5.92 Å². The lowest BCUT2D eigenvalue weighted by Gasteiger charge is -2.30. The summed E-state index contributed by atoms with van der Waals surface area (Å²) in [6, 6.07) is 0. The average Bonchev–Trinajstić information content (AvgIpc) is 2.28. The van der Waals surface area contributed by atoms with Crippen molar-refractivity contribution in [1.29, 1.82) is 0 Å². The molecular formula is C12H19N3O2. The second-order valence-corrected chi connectivity index (χ2v) is 4.37. The standard InChI is InChI=1S/C12H19N3O2/c1-2-5-14-12(17)9-15-6-3-10(4-7-15)8-11(13)16/h1,10H,3-9H2,(H2,13,16)(H,14,17). The summed E-state index contributed by atoms with van der Waals surface area (Å²) >= 11 is 0. The van der Waals surface area contributed by atoms with Crippen molar-refractivity contribution in [3.05, 3.63) is 0 Å². The number of carbonyl (C=O) groups excluding carboxylic acids is 2. The fourth-order valence-electron chi connectivity index (χ4n) is 2.04. The Morgan fingerprint density at radius 1 is 1.41 bits per heavy atom. The number of primary amides is 1. The van der Waals surface area contributed by atoms with Gasteiger partial charge in [0.2, 0.25) is 11.8 Å². The normalized spacial score (nSPS) is 17.4. The number of nitrogens with zero attached hydrogens (tertiary/aromatic N) is 1. The second-order valence-electron chi connectivity index (χ2n) is 4.37. The van der Waals surface area contributed by atoms with E-state index in [9.17, 15) is 9.59 Å². The highest BCUT2D eigenvalue weighted by Gasteiger charge is 2.21. The molecule has 0 aromatic rings. The smallest absolute Gasteiger partial charge is 0.234 e. The minimum atomic E-state index is -0.241. The molecule has 0 bridgehead atoms. The number of carbonyl (C=O) groups is 2. The van der Waals surface area contributed by atoms with Gasteiger partial charge >= 0.3 is 0 Å². The van der Waals surface area contributed by atoms with Gasteiger partial charge < -0.3 is 11.1 Å². The number of amides is 2. The van der Waals surface area contributed by atoms with Crippen LogP contribution in [0.2, 0.25) is 0 Å². The lowest BCUT2D eigenvalue weighted by Crippen LogP contribution is -2.42. The van der Waals surface area contributed by atoms with Crippen LogP contribution >= 0.6 is 0 Å². The van der Waals surface area contributed by atoms with Gasteiger partial charge in [0.15, 0.2) is 0 Å². The highest BCUT2D eigenvalue weighted by Crippen LogP contribution is 2.19. The molecule has 1 fully saturated rings. The number of hydrogen-bond donors (Lipinski definition) is 2. The zero-order valence-corrected chi connectivity index (χ0v) is 9.95. The van der Waals surface area contributed by atoms with Crippen LogP contribution in [0, 0.1) is 18.3 Å². The molecule has 5 nitrogen and oxygen atoms in total. The van der Waals surface area contributed by atoms with Gasteiger partial charge in [0.05, 0.1) is 13.1 Å². The van der Waals surface area contributed by atoms with Crippen LogP contribution in [0.4, 0.5) is 0 Å². The SMILES string of the molecule is C#CCNC(=O)CN1CCC(CC(N)=O)CC1. The summed E-state index contributed by atoms with van der Waals surface area (Å²) in [7, 11) is 0. The molecule has 1 heterocycles. The molecule has 1 aliphatic rings.